The number of alkyl halides is 3. The molecule has 0 saturated carbocycles. The highest BCUT2D eigenvalue weighted by molar-refractivity contribution is 7.80. The second-order valence-corrected chi connectivity index (χ2v) is 9.53. The molecule has 0 spiro atoms. The average molecular weight is 569 g/mol. The van der Waals surface area contributed by atoms with Crippen LogP contribution >= 0.6 is 35.4 Å². The van der Waals surface area contributed by atoms with Crippen LogP contribution in [0.4, 0.5) is 18.9 Å². The average Bonchev–Trinajstić information content (AvgIpc) is 2.93. The molecule has 2 aromatic carbocycles. The summed E-state index contributed by atoms with van der Waals surface area (Å²) in [6.45, 7) is 0.325. The molecule has 0 aromatic heterocycles. The first-order valence-electron chi connectivity index (χ1n) is 11.1. The number of aliphatic imine (C=N–C) groups is 1. The van der Waals surface area contributed by atoms with Crippen molar-refractivity contribution in [1.29, 1.82) is 0 Å². The van der Waals surface area contributed by atoms with Crippen LogP contribution in [-0.4, -0.2) is 42.9 Å². The summed E-state index contributed by atoms with van der Waals surface area (Å²) in [5.41, 5.74) is 2.33. The number of rotatable bonds is 5. The number of allylic oxidation sites excluding steroid dienone is 2. The molecule has 2 aliphatic rings. The maximum absolute atomic E-state index is 13.3. The minimum atomic E-state index is -4.74. The van der Waals surface area contributed by atoms with Gasteiger partial charge in [-0.1, -0.05) is 47.5 Å². The van der Waals surface area contributed by atoms with E-state index in [1.54, 1.807) is 49.5 Å². The van der Waals surface area contributed by atoms with Gasteiger partial charge in [0.25, 0.3) is 5.91 Å². The number of nitrogens with one attached hydrogen (secondary N) is 2. The lowest BCUT2D eigenvalue weighted by atomic mass is 10.00. The van der Waals surface area contributed by atoms with Crippen LogP contribution in [0.1, 0.15) is 17.5 Å². The van der Waals surface area contributed by atoms with Gasteiger partial charge in [-0.05, 0) is 61.0 Å². The highest BCUT2D eigenvalue weighted by Crippen LogP contribution is 2.32. The van der Waals surface area contributed by atoms with Crippen molar-refractivity contribution in [3.8, 4) is 0 Å². The molecule has 2 unspecified atom stereocenters. The Labute approximate surface area is 226 Å². The fraction of sp³-hybridized carbons (Fsp3) is 0.240. The predicted molar refractivity (Wildman–Crippen MR) is 142 cm³/mol. The van der Waals surface area contributed by atoms with Crippen LogP contribution in [-0.2, 0) is 9.53 Å². The number of amides is 1. The monoisotopic (exact) mass is 568 g/mol. The summed E-state index contributed by atoms with van der Waals surface area (Å²) in [5, 5.41) is 7.03. The Balaban J connectivity index is 1.51. The Kier molecular flexibility index (Phi) is 8.11. The van der Waals surface area contributed by atoms with E-state index in [0.29, 0.717) is 45.5 Å². The Hall–Kier alpha value is -3.08. The number of benzene rings is 2. The first-order valence-corrected chi connectivity index (χ1v) is 12.3. The topological polar surface area (TPSA) is 66.0 Å². The molecule has 1 aliphatic heterocycles. The van der Waals surface area contributed by atoms with Crippen molar-refractivity contribution in [2.24, 2.45) is 10.9 Å². The zero-order valence-corrected chi connectivity index (χ0v) is 21.7. The molecule has 6 nitrogen and oxygen atoms in total. The lowest BCUT2D eigenvalue weighted by Crippen LogP contribution is -2.49. The van der Waals surface area contributed by atoms with Crippen LogP contribution in [0.15, 0.2) is 71.4 Å². The standard InChI is InChI=1S/C25H21Cl2F3N4O2S/c1-34-20-11-8-15(26)12-18(20)21(17-4-2-3-5-19(17)27)32-22(23(34)35)33-24(37)31-13-14-6-9-16(10-7-14)36-25(28,29)30/h2-6,8-12,14,22H,7,13H2,1H3,(H2,31,33,37). The van der Waals surface area contributed by atoms with Gasteiger partial charge in [-0.3, -0.25) is 4.79 Å². The highest BCUT2D eigenvalue weighted by atomic mass is 35.5. The number of hydrogen-bond acceptors (Lipinski definition) is 4. The fourth-order valence-corrected chi connectivity index (χ4v) is 4.51. The Morgan fingerprint density at radius 3 is 2.65 bits per heavy atom. The van der Waals surface area contributed by atoms with Crippen LogP contribution in [0.2, 0.25) is 10.0 Å². The smallest absolute Gasteiger partial charge is 0.406 e. The van der Waals surface area contributed by atoms with Gasteiger partial charge < -0.3 is 20.3 Å². The second-order valence-electron chi connectivity index (χ2n) is 8.28. The molecule has 2 atom stereocenters. The van der Waals surface area contributed by atoms with Crippen molar-refractivity contribution in [1.82, 2.24) is 10.6 Å². The molecular weight excluding hydrogens is 548 g/mol. The van der Waals surface area contributed by atoms with Crippen molar-refractivity contribution in [3.05, 3.63) is 87.6 Å². The molecule has 12 heteroatoms. The van der Waals surface area contributed by atoms with E-state index in [9.17, 15) is 18.0 Å². The van der Waals surface area contributed by atoms with E-state index in [2.05, 4.69) is 15.4 Å². The summed E-state index contributed by atoms with van der Waals surface area (Å²) < 4.78 is 41.0. The van der Waals surface area contributed by atoms with Crippen LogP contribution in [0.25, 0.3) is 0 Å². The molecule has 1 amide bonds. The van der Waals surface area contributed by atoms with Gasteiger partial charge >= 0.3 is 6.36 Å². The third-order valence-electron chi connectivity index (χ3n) is 5.71. The van der Waals surface area contributed by atoms with Crippen molar-refractivity contribution in [3.63, 3.8) is 0 Å². The maximum atomic E-state index is 13.3. The number of ether oxygens (including phenoxy) is 1. The van der Waals surface area contributed by atoms with Gasteiger partial charge in [-0.15, -0.1) is 13.2 Å². The molecule has 0 saturated heterocycles. The maximum Gasteiger partial charge on any atom is 0.573 e. The number of benzodiazepines with no additional fused rings is 1. The Morgan fingerprint density at radius 1 is 1.22 bits per heavy atom. The minimum Gasteiger partial charge on any atom is -0.406 e. The molecule has 1 aliphatic carbocycles. The summed E-state index contributed by atoms with van der Waals surface area (Å²) in [6.07, 6.45) is -1.24. The van der Waals surface area contributed by atoms with Crippen LogP contribution in [0, 0.1) is 5.92 Å². The molecule has 0 fully saturated rings. The molecule has 37 heavy (non-hydrogen) atoms. The van der Waals surface area contributed by atoms with E-state index in [4.69, 9.17) is 40.4 Å². The summed E-state index contributed by atoms with van der Waals surface area (Å²) in [5.74, 6) is -0.733. The van der Waals surface area contributed by atoms with E-state index in [1.807, 2.05) is 6.07 Å². The number of carbonyl (C=O) groups excluding carboxylic acids is 1. The van der Waals surface area contributed by atoms with Crippen LogP contribution in [0.3, 0.4) is 0 Å². The first-order chi connectivity index (χ1) is 17.5. The molecular formula is C25H21Cl2F3N4O2S. The number of likely N-dealkylation sites (N-methyl/N-ethyl adjacent to an activating group) is 1. The SMILES string of the molecule is CN1C(=O)C(NC(=S)NCC2C=CC(OC(F)(F)F)=CC2)N=C(c2ccccc2Cl)c2cc(Cl)ccc21. The summed E-state index contributed by atoms with van der Waals surface area (Å²) >= 11 is 18.1. The van der Waals surface area contributed by atoms with E-state index in [1.165, 1.54) is 17.1 Å². The number of fused-ring (bicyclic) bond motifs is 1. The van der Waals surface area contributed by atoms with Gasteiger partial charge in [-0.2, -0.15) is 0 Å². The number of carbonyl (C=O) groups is 1. The lowest BCUT2D eigenvalue weighted by Gasteiger charge is -2.23. The van der Waals surface area contributed by atoms with Gasteiger partial charge in [-0.25, -0.2) is 4.99 Å². The molecule has 2 N–H and O–H groups in total. The number of nitrogens with zero attached hydrogens (tertiary/aromatic N) is 2. The predicted octanol–water partition coefficient (Wildman–Crippen LogP) is 5.59. The number of thiocarbonyl (C=S) groups is 1. The first kappa shape index (κ1) is 27.0. The normalized spacial score (nSPS) is 19.4. The zero-order valence-electron chi connectivity index (χ0n) is 19.4. The van der Waals surface area contributed by atoms with Crippen LogP contribution < -0.4 is 15.5 Å². The summed E-state index contributed by atoms with van der Waals surface area (Å²) in [6, 6.07) is 12.3. The van der Waals surface area contributed by atoms with Gasteiger partial charge in [0.15, 0.2) is 5.11 Å². The molecule has 194 valence electrons. The van der Waals surface area contributed by atoms with E-state index in [0.717, 1.165) is 0 Å². The molecule has 0 bridgehead atoms. The van der Waals surface area contributed by atoms with Gasteiger partial charge in [0.1, 0.15) is 5.76 Å². The lowest BCUT2D eigenvalue weighted by molar-refractivity contribution is -0.303. The van der Waals surface area contributed by atoms with Crippen molar-refractivity contribution in [2.45, 2.75) is 18.9 Å². The van der Waals surface area contributed by atoms with E-state index >= 15 is 0 Å². The fourth-order valence-electron chi connectivity index (χ4n) is 3.91. The third-order valence-corrected chi connectivity index (χ3v) is 6.53. The Morgan fingerprint density at radius 2 is 1.97 bits per heavy atom. The van der Waals surface area contributed by atoms with Gasteiger partial charge in [0, 0.05) is 34.8 Å². The number of hydrogen-bond donors (Lipinski definition) is 2. The van der Waals surface area contributed by atoms with E-state index < -0.39 is 12.5 Å². The molecule has 2 aromatic rings. The summed E-state index contributed by atoms with van der Waals surface area (Å²) in [7, 11) is 1.63. The quantitative estimate of drug-likeness (QED) is 0.460. The van der Waals surface area contributed by atoms with Gasteiger partial charge in [0.2, 0.25) is 6.17 Å². The Bertz CT molecular complexity index is 1310. The molecule has 0 radical (unpaired) electrons. The van der Waals surface area contributed by atoms with Gasteiger partial charge in [0.05, 0.1) is 11.4 Å². The molecule has 4 rings (SSSR count). The van der Waals surface area contributed by atoms with Crippen molar-refractivity contribution < 1.29 is 22.7 Å². The van der Waals surface area contributed by atoms with Crippen molar-refractivity contribution >= 4 is 57.8 Å². The second kappa shape index (κ2) is 11.1. The largest absolute Gasteiger partial charge is 0.573 e. The minimum absolute atomic E-state index is 0.124. The summed E-state index contributed by atoms with van der Waals surface area (Å²) in [4.78, 5) is 19.5. The third kappa shape index (κ3) is 6.63. The molecule has 1 heterocycles. The van der Waals surface area contributed by atoms with Crippen LogP contribution in [0.5, 0.6) is 0 Å². The van der Waals surface area contributed by atoms with E-state index in [-0.39, 0.29) is 22.7 Å². The number of halogens is 5. The zero-order chi connectivity index (χ0) is 26.7. The highest BCUT2D eigenvalue weighted by Gasteiger charge is 2.33. The van der Waals surface area contributed by atoms with Crippen molar-refractivity contribution in [2.75, 3.05) is 18.5 Å². The number of anilines is 1.